The zero-order valence-electron chi connectivity index (χ0n) is 15.6. The van der Waals surface area contributed by atoms with Crippen molar-refractivity contribution in [1.82, 2.24) is 19.9 Å². The summed E-state index contributed by atoms with van der Waals surface area (Å²) in [6.07, 6.45) is 4.11. The highest BCUT2D eigenvalue weighted by atomic mass is 35.5. The maximum absolute atomic E-state index is 12.7. The van der Waals surface area contributed by atoms with Gasteiger partial charge in [0.2, 0.25) is 5.89 Å². The van der Waals surface area contributed by atoms with Crippen LogP contribution in [-0.2, 0) is 24.1 Å². The lowest BCUT2D eigenvalue weighted by Crippen LogP contribution is -2.27. The molecule has 0 radical (unpaired) electrons. The zero-order chi connectivity index (χ0) is 19.5. The van der Waals surface area contributed by atoms with Gasteiger partial charge in [0.25, 0.3) is 5.56 Å². The molecule has 1 atom stereocenters. The van der Waals surface area contributed by atoms with E-state index in [0.717, 1.165) is 30.6 Å². The van der Waals surface area contributed by atoms with Crippen LogP contribution >= 0.6 is 11.6 Å². The molecule has 0 aliphatic carbocycles. The monoisotopic (exact) mass is 400 g/mol. The number of nitrogens with zero attached hydrogens (tertiary/aromatic N) is 4. The Morgan fingerprint density at radius 1 is 1.25 bits per heavy atom. The SMILES string of the molecule is Cc1c([C@H]2CCOC2)cnn(Cc2nc(CCc3ccc(Cl)cc3)no2)c1=O. The maximum atomic E-state index is 12.7. The third-order valence-corrected chi connectivity index (χ3v) is 5.29. The molecule has 1 fully saturated rings. The third kappa shape index (κ3) is 4.15. The molecular formula is C20H21ClN4O3. The molecule has 3 heterocycles. The zero-order valence-corrected chi connectivity index (χ0v) is 16.4. The summed E-state index contributed by atoms with van der Waals surface area (Å²) in [5.41, 5.74) is 2.68. The van der Waals surface area contributed by atoms with Crippen molar-refractivity contribution in [2.75, 3.05) is 13.2 Å². The molecule has 8 heteroatoms. The smallest absolute Gasteiger partial charge is 0.270 e. The lowest BCUT2D eigenvalue weighted by molar-refractivity contribution is 0.193. The second-order valence-corrected chi connectivity index (χ2v) is 7.42. The predicted molar refractivity (Wildman–Crippen MR) is 104 cm³/mol. The molecule has 1 aliphatic rings. The van der Waals surface area contributed by atoms with Crippen LogP contribution in [0.2, 0.25) is 5.02 Å². The van der Waals surface area contributed by atoms with Gasteiger partial charge in [0.05, 0.1) is 12.8 Å². The van der Waals surface area contributed by atoms with Crippen molar-refractivity contribution in [1.29, 1.82) is 0 Å². The molecule has 3 aromatic rings. The molecule has 1 saturated heterocycles. The van der Waals surface area contributed by atoms with Gasteiger partial charge >= 0.3 is 0 Å². The van der Waals surface area contributed by atoms with Gasteiger partial charge in [-0.05, 0) is 43.0 Å². The topological polar surface area (TPSA) is 83.0 Å². The van der Waals surface area contributed by atoms with Gasteiger partial charge < -0.3 is 9.26 Å². The van der Waals surface area contributed by atoms with Crippen molar-refractivity contribution >= 4 is 11.6 Å². The van der Waals surface area contributed by atoms with E-state index < -0.39 is 0 Å². The fourth-order valence-electron chi connectivity index (χ4n) is 3.39. The molecule has 2 aromatic heterocycles. The van der Waals surface area contributed by atoms with Crippen molar-refractivity contribution in [2.45, 2.75) is 38.6 Å². The standard InChI is InChI=1S/C20H21ClN4O3/c1-13-17(15-8-9-27-12-15)10-22-25(20(13)26)11-19-23-18(24-28-19)7-4-14-2-5-16(21)6-3-14/h2-3,5-6,10,15H,4,7-9,11-12H2,1H3/t15-/m0/s1. The van der Waals surface area contributed by atoms with Crippen molar-refractivity contribution in [3.05, 3.63) is 74.2 Å². The molecule has 4 rings (SSSR count). The van der Waals surface area contributed by atoms with Gasteiger partial charge in [-0.1, -0.05) is 28.9 Å². The lowest BCUT2D eigenvalue weighted by atomic mass is 9.97. The summed E-state index contributed by atoms with van der Waals surface area (Å²) in [6.45, 7) is 3.37. The Morgan fingerprint density at radius 3 is 2.82 bits per heavy atom. The first-order valence-corrected chi connectivity index (χ1v) is 9.68. The largest absolute Gasteiger partial charge is 0.381 e. The van der Waals surface area contributed by atoms with Gasteiger partial charge in [0.1, 0.15) is 6.54 Å². The lowest BCUT2D eigenvalue weighted by Gasteiger charge is -2.12. The van der Waals surface area contributed by atoms with E-state index in [4.69, 9.17) is 20.9 Å². The number of hydrogen-bond donors (Lipinski definition) is 0. The molecule has 0 bridgehead atoms. The molecular weight excluding hydrogens is 380 g/mol. The van der Waals surface area contributed by atoms with E-state index in [9.17, 15) is 4.79 Å². The minimum atomic E-state index is -0.134. The molecule has 0 amide bonds. The summed E-state index contributed by atoms with van der Waals surface area (Å²) in [4.78, 5) is 17.0. The quantitative estimate of drug-likeness (QED) is 0.632. The fourth-order valence-corrected chi connectivity index (χ4v) is 3.52. The van der Waals surface area contributed by atoms with Crippen molar-refractivity contribution < 1.29 is 9.26 Å². The average Bonchev–Trinajstić information content (AvgIpc) is 3.37. The van der Waals surface area contributed by atoms with Crippen LogP contribution < -0.4 is 5.56 Å². The first-order valence-electron chi connectivity index (χ1n) is 9.30. The summed E-state index contributed by atoms with van der Waals surface area (Å²) < 4.78 is 12.1. The maximum Gasteiger partial charge on any atom is 0.270 e. The highest BCUT2D eigenvalue weighted by Gasteiger charge is 2.22. The fraction of sp³-hybridized carbons (Fsp3) is 0.400. The Bertz CT molecular complexity index is 1010. The van der Waals surface area contributed by atoms with Crippen molar-refractivity contribution in [3.8, 4) is 0 Å². The molecule has 1 aliphatic heterocycles. The van der Waals surface area contributed by atoms with Crippen molar-refractivity contribution in [2.24, 2.45) is 0 Å². The summed E-state index contributed by atoms with van der Waals surface area (Å²) >= 11 is 5.90. The molecule has 28 heavy (non-hydrogen) atoms. The predicted octanol–water partition coefficient (Wildman–Crippen LogP) is 2.93. The molecule has 0 N–H and O–H groups in total. The van der Waals surface area contributed by atoms with E-state index >= 15 is 0 Å². The summed E-state index contributed by atoms with van der Waals surface area (Å²) in [5, 5.41) is 9.02. The van der Waals surface area contributed by atoms with Gasteiger partial charge in [-0.2, -0.15) is 10.1 Å². The van der Waals surface area contributed by atoms with E-state index in [0.29, 0.717) is 35.3 Å². The van der Waals surface area contributed by atoms with Crippen molar-refractivity contribution in [3.63, 3.8) is 0 Å². The van der Waals surface area contributed by atoms with Gasteiger partial charge in [-0.25, -0.2) is 4.68 Å². The van der Waals surface area contributed by atoms with Gasteiger partial charge in [-0.15, -0.1) is 0 Å². The molecule has 0 saturated carbocycles. The number of halogens is 1. The molecule has 0 spiro atoms. The van der Waals surface area contributed by atoms with Gasteiger partial charge in [0, 0.05) is 29.5 Å². The normalized spacial score (nSPS) is 16.6. The minimum Gasteiger partial charge on any atom is -0.381 e. The Kier molecular flexibility index (Phi) is 5.54. The first-order chi connectivity index (χ1) is 13.6. The Balaban J connectivity index is 1.42. The van der Waals surface area contributed by atoms with Crippen LogP contribution in [0.1, 0.15) is 40.7 Å². The van der Waals surface area contributed by atoms with Crippen LogP contribution in [-0.4, -0.2) is 33.1 Å². The molecule has 1 aromatic carbocycles. The third-order valence-electron chi connectivity index (χ3n) is 5.04. The van der Waals surface area contributed by atoms with E-state index in [1.807, 2.05) is 31.2 Å². The Labute approximate surface area is 167 Å². The number of rotatable bonds is 6. The van der Waals surface area contributed by atoms with Crippen LogP contribution in [0.25, 0.3) is 0 Å². The number of benzene rings is 1. The summed E-state index contributed by atoms with van der Waals surface area (Å²) in [5.74, 6) is 1.23. The Morgan fingerprint density at radius 2 is 2.07 bits per heavy atom. The average molecular weight is 401 g/mol. The number of aromatic nitrogens is 4. The number of ether oxygens (including phenoxy) is 1. The van der Waals surface area contributed by atoms with Crippen LogP contribution in [0.3, 0.4) is 0 Å². The molecule has 0 unspecified atom stereocenters. The second kappa shape index (κ2) is 8.24. The van der Waals surface area contributed by atoms with E-state index in [1.54, 1.807) is 6.20 Å². The highest BCUT2D eigenvalue weighted by molar-refractivity contribution is 6.30. The van der Waals surface area contributed by atoms with Gasteiger partial charge in [0.15, 0.2) is 5.82 Å². The number of hydrogen-bond acceptors (Lipinski definition) is 6. The molecule has 146 valence electrons. The second-order valence-electron chi connectivity index (χ2n) is 6.98. The number of aryl methyl sites for hydroxylation is 2. The molecule has 7 nitrogen and oxygen atoms in total. The first kappa shape index (κ1) is 18.8. The Hall–Kier alpha value is -2.51. The van der Waals surface area contributed by atoms with Crippen LogP contribution in [0.5, 0.6) is 0 Å². The highest BCUT2D eigenvalue weighted by Crippen LogP contribution is 2.25. The van der Waals surface area contributed by atoms with Crippen LogP contribution in [0.4, 0.5) is 0 Å². The van der Waals surface area contributed by atoms with E-state index in [1.165, 1.54) is 4.68 Å². The van der Waals surface area contributed by atoms with E-state index in [-0.39, 0.29) is 18.0 Å². The van der Waals surface area contributed by atoms with Crippen LogP contribution in [0, 0.1) is 6.92 Å². The summed E-state index contributed by atoms with van der Waals surface area (Å²) in [6, 6.07) is 7.68. The van der Waals surface area contributed by atoms with Crippen LogP contribution in [0.15, 0.2) is 39.8 Å². The minimum absolute atomic E-state index is 0.134. The van der Waals surface area contributed by atoms with E-state index in [2.05, 4.69) is 15.2 Å². The van der Waals surface area contributed by atoms with Gasteiger partial charge in [-0.3, -0.25) is 4.79 Å². The summed E-state index contributed by atoms with van der Waals surface area (Å²) in [7, 11) is 0.